The van der Waals surface area contributed by atoms with Crippen molar-refractivity contribution in [1.82, 2.24) is 10.2 Å². The molecule has 0 aromatic heterocycles. The van der Waals surface area contributed by atoms with Crippen LogP contribution in [0.25, 0.3) is 0 Å². The first-order valence-electron chi connectivity index (χ1n) is 6.13. The van der Waals surface area contributed by atoms with Gasteiger partial charge >= 0.3 is 0 Å². The molecule has 98 valence electrons. The largest absolute Gasteiger partial charge is 0.508 e. The number of rotatable bonds is 3. The molecule has 2 N–H and O–H groups in total. The van der Waals surface area contributed by atoms with Gasteiger partial charge in [-0.25, -0.2) is 0 Å². The normalized spacial score (nSPS) is 15.7. The van der Waals surface area contributed by atoms with Crippen molar-refractivity contribution in [2.24, 2.45) is 0 Å². The number of amides is 1. The zero-order valence-corrected chi connectivity index (χ0v) is 11.7. The van der Waals surface area contributed by atoms with E-state index in [9.17, 15) is 9.90 Å². The summed E-state index contributed by atoms with van der Waals surface area (Å²) in [5, 5.41) is 12.9. The highest BCUT2D eigenvalue weighted by atomic mass is 79.9. The molecule has 18 heavy (non-hydrogen) atoms. The molecule has 1 aromatic carbocycles. The molecule has 0 spiro atoms. The van der Waals surface area contributed by atoms with E-state index in [0.717, 1.165) is 36.2 Å². The second-order valence-corrected chi connectivity index (χ2v) is 5.32. The number of halogens is 1. The van der Waals surface area contributed by atoms with E-state index < -0.39 is 0 Å². The molecule has 0 radical (unpaired) electrons. The van der Waals surface area contributed by atoms with Crippen molar-refractivity contribution in [2.45, 2.75) is 12.8 Å². The number of aryl methyl sites for hydroxylation is 1. The lowest BCUT2D eigenvalue weighted by Crippen LogP contribution is -2.46. The van der Waals surface area contributed by atoms with E-state index in [1.165, 1.54) is 0 Å². The van der Waals surface area contributed by atoms with E-state index in [1.54, 1.807) is 12.1 Å². The lowest BCUT2D eigenvalue weighted by Gasteiger charge is -2.27. The molecular formula is C13H17BrN2O2. The van der Waals surface area contributed by atoms with Crippen LogP contribution in [0.1, 0.15) is 12.0 Å². The molecule has 0 unspecified atom stereocenters. The van der Waals surface area contributed by atoms with Gasteiger partial charge in [-0.15, -0.1) is 0 Å². The smallest absolute Gasteiger partial charge is 0.222 e. The van der Waals surface area contributed by atoms with Gasteiger partial charge < -0.3 is 15.3 Å². The summed E-state index contributed by atoms with van der Waals surface area (Å²) in [7, 11) is 0. The summed E-state index contributed by atoms with van der Waals surface area (Å²) >= 11 is 3.37. The SMILES string of the molecule is O=C(CCc1cc(Br)ccc1O)N1CCNCC1. The average molecular weight is 313 g/mol. The Balaban J connectivity index is 1.90. The molecule has 2 rings (SSSR count). The first-order chi connectivity index (χ1) is 8.66. The highest BCUT2D eigenvalue weighted by Crippen LogP contribution is 2.23. The zero-order chi connectivity index (χ0) is 13.0. The van der Waals surface area contributed by atoms with Crippen LogP contribution in [-0.2, 0) is 11.2 Å². The number of phenols is 1. The minimum absolute atomic E-state index is 0.163. The predicted molar refractivity (Wildman–Crippen MR) is 73.6 cm³/mol. The summed E-state index contributed by atoms with van der Waals surface area (Å²) in [6.07, 6.45) is 1.03. The highest BCUT2D eigenvalue weighted by Gasteiger charge is 2.16. The Labute approximate surface area is 115 Å². The van der Waals surface area contributed by atoms with Gasteiger partial charge in [0.25, 0.3) is 0 Å². The van der Waals surface area contributed by atoms with Crippen molar-refractivity contribution >= 4 is 21.8 Å². The number of carbonyl (C=O) groups excluding carboxylic acids is 1. The summed E-state index contributed by atoms with van der Waals surface area (Å²) in [6.45, 7) is 3.30. The number of hydrogen-bond donors (Lipinski definition) is 2. The third-order valence-corrected chi connectivity index (χ3v) is 3.61. The standard InChI is InChI=1S/C13H17BrN2O2/c14-11-2-3-12(17)10(9-11)1-4-13(18)16-7-5-15-6-8-16/h2-3,9,15,17H,1,4-8H2. The number of carbonyl (C=O) groups is 1. The molecule has 0 saturated carbocycles. The van der Waals surface area contributed by atoms with Crippen molar-refractivity contribution in [3.8, 4) is 5.75 Å². The Morgan fingerprint density at radius 1 is 1.39 bits per heavy atom. The van der Waals surface area contributed by atoms with E-state index in [1.807, 2.05) is 11.0 Å². The molecule has 1 aliphatic heterocycles. The first-order valence-corrected chi connectivity index (χ1v) is 6.92. The summed E-state index contributed by atoms with van der Waals surface area (Å²) in [5.41, 5.74) is 0.813. The van der Waals surface area contributed by atoms with Gasteiger partial charge in [0, 0.05) is 37.1 Å². The van der Waals surface area contributed by atoms with Gasteiger partial charge in [0.15, 0.2) is 0 Å². The Kier molecular flexibility index (Phi) is 4.60. The topological polar surface area (TPSA) is 52.6 Å². The van der Waals surface area contributed by atoms with E-state index >= 15 is 0 Å². The van der Waals surface area contributed by atoms with Gasteiger partial charge in [-0.05, 0) is 30.2 Å². The molecule has 0 aliphatic carbocycles. The summed E-state index contributed by atoms with van der Waals surface area (Å²) in [5.74, 6) is 0.419. The van der Waals surface area contributed by atoms with E-state index in [4.69, 9.17) is 0 Å². The highest BCUT2D eigenvalue weighted by molar-refractivity contribution is 9.10. The molecule has 1 saturated heterocycles. The number of aromatic hydroxyl groups is 1. The molecule has 1 amide bonds. The molecular weight excluding hydrogens is 296 g/mol. The summed E-state index contributed by atoms with van der Waals surface area (Å²) in [4.78, 5) is 13.9. The fraction of sp³-hybridized carbons (Fsp3) is 0.462. The van der Waals surface area contributed by atoms with Crippen LogP contribution < -0.4 is 5.32 Å². The van der Waals surface area contributed by atoms with Crippen LogP contribution in [0.3, 0.4) is 0 Å². The van der Waals surface area contributed by atoms with Crippen LogP contribution >= 0.6 is 15.9 Å². The number of nitrogens with zero attached hydrogens (tertiary/aromatic N) is 1. The van der Waals surface area contributed by atoms with Crippen LogP contribution in [0.2, 0.25) is 0 Å². The van der Waals surface area contributed by atoms with E-state index in [-0.39, 0.29) is 11.7 Å². The molecule has 5 heteroatoms. The predicted octanol–water partition coefficient (Wildman–Crippen LogP) is 1.52. The Morgan fingerprint density at radius 2 is 2.11 bits per heavy atom. The lowest BCUT2D eigenvalue weighted by atomic mass is 10.1. The molecule has 1 aliphatic rings. The zero-order valence-electron chi connectivity index (χ0n) is 10.2. The number of hydrogen-bond acceptors (Lipinski definition) is 3. The minimum Gasteiger partial charge on any atom is -0.508 e. The van der Waals surface area contributed by atoms with E-state index in [0.29, 0.717) is 12.8 Å². The quantitative estimate of drug-likeness (QED) is 0.890. The molecule has 0 atom stereocenters. The fourth-order valence-electron chi connectivity index (χ4n) is 2.07. The summed E-state index contributed by atoms with van der Waals surface area (Å²) < 4.78 is 0.921. The molecule has 1 fully saturated rings. The number of nitrogens with one attached hydrogen (secondary N) is 1. The van der Waals surface area contributed by atoms with Gasteiger partial charge in [-0.2, -0.15) is 0 Å². The van der Waals surface area contributed by atoms with Crippen LogP contribution in [0.15, 0.2) is 22.7 Å². The number of benzene rings is 1. The maximum Gasteiger partial charge on any atom is 0.222 e. The van der Waals surface area contributed by atoms with Crippen molar-refractivity contribution in [2.75, 3.05) is 26.2 Å². The third kappa shape index (κ3) is 3.46. The lowest BCUT2D eigenvalue weighted by molar-refractivity contribution is -0.131. The molecule has 1 heterocycles. The summed E-state index contributed by atoms with van der Waals surface area (Å²) in [6, 6.07) is 5.30. The Bertz CT molecular complexity index is 431. The van der Waals surface area contributed by atoms with E-state index in [2.05, 4.69) is 21.2 Å². The van der Waals surface area contributed by atoms with Gasteiger partial charge in [0.05, 0.1) is 0 Å². The second-order valence-electron chi connectivity index (χ2n) is 4.40. The first kappa shape index (κ1) is 13.4. The fourth-order valence-corrected chi connectivity index (χ4v) is 2.48. The maximum absolute atomic E-state index is 12.0. The third-order valence-electron chi connectivity index (χ3n) is 3.12. The van der Waals surface area contributed by atoms with Crippen molar-refractivity contribution in [3.63, 3.8) is 0 Å². The van der Waals surface area contributed by atoms with Gasteiger partial charge in [0.1, 0.15) is 5.75 Å². The van der Waals surface area contributed by atoms with Crippen molar-refractivity contribution in [1.29, 1.82) is 0 Å². The van der Waals surface area contributed by atoms with Gasteiger partial charge in [-0.3, -0.25) is 4.79 Å². The molecule has 1 aromatic rings. The van der Waals surface area contributed by atoms with Crippen LogP contribution in [0.5, 0.6) is 5.75 Å². The number of piperazine rings is 1. The van der Waals surface area contributed by atoms with Gasteiger partial charge in [0.2, 0.25) is 5.91 Å². The maximum atomic E-state index is 12.0. The molecule has 0 bridgehead atoms. The number of phenolic OH excluding ortho intramolecular Hbond substituents is 1. The van der Waals surface area contributed by atoms with Crippen LogP contribution in [0.4, 0.5) is 0 Å². The average Bonchev–Trinajstić information content (AvgIpc) is 2.40. The van der Waals surface area contributed by atoms with Crippen LogP contribution in [0, 0.1) is 0 Å². The van der Waals surface area contributed by atoms with Crippen LogP contribution in [-0.4, -0.2) is 42.1 Å². The Morgan fingerprint density at radius 3 is 2.83 bits per heavy atom. The monoisotopic (exact) mass is 312 g/mol. The Hall–Kier alpha value is -1.07. The molecule has 4 nitrogen and oxygen atoms in total. The minimum atomic E-state index is 0.163. The van der Waals surface area contributed by atoms with Crippen molar-refractivity contribution < 1.29 is 9.90 Å². The van der Waals surface area contributed by atoms with Crippen molar-refractivity contribution in [3.05, 3.63) is 28.2 Å². The second kappa shape index (κ2) is 6.20. The van der Waals surface area contributed by atoms with Gasteiger partial charge in [-0.1, -0.05) is 15.9 Å².